The summed E-state index contributed by atoms with van der Waals surface area (Å²) in [6.45, 7) is 3.49. The molecule has 0 aliphatic rings. The van der Waals surface area contributed by atoms with Crippen molar-refractivity contribution in [2.75, 3.05) is 19.6 Å². The first-order valence-corrected chi connectivity index (χ1v) is 8.39. The third kappa shape index (κ3) is 5.83. The second kappa shape index (κ2) is 9.17. The van der Waals surface area contributed by atoms with Crippen LogP contribution in [0.3, 0.4) is 0 Å². The van der Waals surface area contributed by atoms with Gasteiger partial charge < -0.3 is 5.32 Å². The summed E-state index contributed by atoms with van der Waals surface area (Å²) in [4.78, 5) is -0.448. The average molecular weight is 410 g/mol. The van der Waals surface area contributed by atoms with Crippen molar-refractivity contribution in [1.82, 2.24) is 10.0 Å². The van der Waals surface area contributed by atoms with Crippen LogP contribution >= 0.6 is 39.9 Å². The molecule has 1 aromatic carbocycles. The van der Waals surface area contributed by atoms with E-state index in [1.807, 2.05) is 6.92 Å². The first-order valence-electron chi connectivity index (χ1n) is 5.73. The van der Waals surface area contributed by atoms with Gasteiger partial charge in [-0.3, -0.25) is 0 Å². The fourth-order valence-electron chi connectivity index (χ4n) is 1.36. The highest BCUT2D eigenvalue weighted by molar-refractivity contribution is 9.10. The number of sulfonamides is 1. The van der Waals surface area contributed by atoms with E-state index in [-0.39, 0.29) is 24.0 Å². The Balaban J connectivity index is 0.00000361. The van der Waals surface area contributed by atoms with Gasteiger partial charge in [0, 0.05) is 17.6 Å². The highest BCUT2D eigenvalue weighted by Gasteiger charge is 2.20. The summed E-state index contributed by atoms with van der Waals surface area (Å²) in [5.41, 5.74) is 0. The smallest absolute Gasteiger partial charge is 0.243 e. The van der Waals surface area contributed by atoms with Gasteiger partial charge in [-0.05, 0) is 41.0 Å². The van der Waals surface area contributed by atoms with Gasteiger partial charge in [0.05, 0.1) is 5.02 Å². The van der Waals surface area contributed by atoms with Crippen LogP contribution in [0.25, 0.3) is 0 Å². The van der Waals surface area contributed by atoms with Crippen LogP contribution in [0.2, 0.25) is 5.02 Å². The second-order valence-electron chi connectivity index (χ2n) is 3.84. The van der Waals surface area contributed by atoms with Gasteiger partial charge in [0.2, 0.25) is 10.0 Å². The topological polar surface area (TPSA) is 58.2 Å². The van der Waals surface area contributed by atoms with Gasteiger partial charge in [0.1, 0.15) is 10.7 Å². The lowest BCUT2D eigenvalue weighted by atomic mass is 10.3. The van der Waals surface area contributed by atoms with Crippen molar-refractivity contribution in [3.63, 3.8) is 0 Å². The van der Waals surface area contributed by atoms with Crippen LogP contribution in [-0.4, -0.2) is 28.1 Å². The van der Waals surface area contributed by atoms with E-state index in [2.05, 4.69) is 26.0 Å². The molecule has 0 aliphatic carbocycles. The van der Waals surface area contributed by atoms with Crippen LogP contribution in [0.4, 0.5) is 4.39 Å². The maximum Gasteiger partial charge on any atom is 0.243 e. The molecular weight excluding hydrogens is 394 g/mol. The molecule has 0 spiro atoms. The molecule has 0 aromatic heterocycles. The van der Waals surface area contributed by atoms with Gasteiger partial charge in [-0.25, -0.2) is 17.5 Å². The van der Waals surface area contributed by atoms with Crippen molar-refractivity contribution in [3.8, 4) is 0 Å². The predicted molar refractivity (Wildman–Crippen MR) is 84.7 cm³/mol. The monoisotopic (exact) mass is 408 g/mol. The van der Waals surface area contributed by atoms with Crippen molar-refractivity contribution in [3.05, 3.63) is 27.4 Å². The lowest BCUT2D eigenvalue weighted by molar-refractivity contribution is 0.553. The van der Waals surface area contributed by atoms with E-state index in [1.54, 1.807) is 0 Å². The summed E-state index contributed by atoms with van der Waals surface area (Å²) >= 11 is 8.81. The summed E-state index contributed by atoms with van der Waals surface area (Å²) in [7, 11) is -3.89. The molecule has 0 atom stereocenters. The maximum atomic E-state index is 13.6. The maximum absolute atomic E-state index is 13.6. The number of nitrogens with one attached hydrogen (secondary N) is 2. The Morgan fingerprint density at radius 3 is 2.55 bits per heavy atom. The molecule has 0 heterocycles. The molecule has 0 bridgehead atoms. The van der Waals surface area contributed by atoms with E-state index in [0.717, 1.165) is 25.1 Å². The Morgan fingerprint density at radius 1 is 1.30 bits per heavy atom. The Bertz CT molecular complexity index is 543. The minimum atomic E-state index is -3.89. The molecule has 0 radical (unpaired) electrons. The molecule has 9 heteroatoms. The molecule has 0 amide bonds. The minimum absolute atomic E-state index is 0. The zero-order valence-corrected chi connectivity index (χ0v) is 14.7. The molecular formula is C11H16BrCl2FN2O2S. The Morgan fingerprint density at radius 2 is 1.95 bits per heavy atom. The molecule has 0 saturated heterocycles. The average Bonchev–Trinajstić information content (AvgIpc) is 2.33. The number of hydrogen-bond acceptors (Lipinski definition) is 3. The van der Waals surface area contributed by atoms with Crippen LogP contribution in [-0.2, 0) is 10.0 Å². The van der Waals surface area contributed by atoms with Crippen LogP contribution in [0.15, 0.2) is 21.5 Å². The second-order valence-corrected chi connectivity index (χ2v) is 6.84. The summed E-state index contributed by atoms with van der Waals surface area (Å²) in [6, 6.07) is 2.12. The van der Waals surface area contributed by atoms with Crippen molar-refractivity contribution >= 4 is 50.0 Å². The van der Waals surface area contributed by atoms with E-state index >= 15 is 0 Å². The van der Waals surface area contributed by atoms with E-state index in [0.29, 0.717) is 11.0 Å². The van der Waals surface area contributed by atoms with Gasteiger partial charge in [-0.2, -0.15) is 0 Å². The van der Waals surface area contributed by atoms with Gasteiger partial charge >= 0.3 is 0 Å². The number of benzene rings is 1. The standard InChI is InChI=1S/C11H15BrClFN2O2S.ClH/c1-2-3-15-4-5-16-19(17,18)11-7-9(13)8(12)6-10(11)14;/h6-7,15-16H,2-5H2,1H3;1H. The quantitative estimate of drug-likeness (QED) is 0.537. The van der Waals surface area contributed by atoms with Crippen molar-refractivity contribution < 1.29 is 12.8 Å². The SMILES string of the molecule is CCCNCCNS(=O)(=O)c1cc(Cl)c(Br)cc1F.Cl. The summed E-state index contributed by atoms with van der Waals surface area (Å²) in [5, 5.41) is 3.18. The van der Waals surface area contributed by atoms with E-state index < -0.39 is 20.7 Å². The van der Waals surface area contributed by atoms with Gasteiger partial charge in [0.15, 0.2) is 0 Å². The Kier molecular flexibility index (Phi) is 9.21. The fourth-order valence-corrected chi connectivity index (χ4v) is 3.02. The van der Waals surface area contributed by atoms with E-state index in [1.165, 1.54) is 0 Å². The summed E-state index contributed by atoms with van der Waals surface area (Å²) in [5.74, 6) is -0.842. The lowest BCUT2D eigenvalue weighted by Crippen LogP contribution is -2.32. The Labute approximate surface area is 138 Å². The van der Waals surface area contributed by atoms with Crippen molar-refractivity contribution in [2.24, 2.45) is 0 Å². The molecule has 20 heavy (non-hydrogen) atoms. The molecule has 0 saturated carbocycles. The first-order chi connectivity index (χ1) is 8.88. The van der Waals surface area contributed by atoms with E-state index in [9.17, 15) is 12.8 Å². The molecule has 1 aromatic rings. The zero-order chi connectivity index (χ0) is 14.5. The highest BCUT2D eigenvalue weighted by atomic mass is 79.9. The number of rotatable bonds is 7. The molecule has 0 fully saturated rings. The van der Waals surface area contributed by atoms with Crippen LogP contribution in [0.1, 0.15) is 13.3 Å². The highest BCUT2D eigenvalue weighted by Crippen LogP contribution is 2.27. The molecule has 0 unspecified atom stereocenters. The molecule has 4 nitrogen and oxygen atoms in total. The van der Waals surface area contributed by atoms with Gasteiger partial charge in [-0.15, -0.1) is 12.4 Å². The third-order valence-electron chi connectivity index (χ3n) is 2.28. The first kappa shape index (κ1) is 20.1. The molecule has 2 N–H and O–H groups in total. The van der Waals surface area contributed by atoms with Crippen LogP contribution < -0.4 is 10.0 Å². The Hall–Kier alpha value is 0.0800. The zero-order valence-electron chi connectivity index (χ0n) is 10.8. The predicted octanol–water partition coefficient (Wildman–Crippen LogP) is 2.94. The third-order valence-corrected chi connectivity index (χ3v) is 4.96. The normalized spacial score (nSPS) is 11.2. The van der Waals surface area contributed by atoms with E-state index in [4.69, 9.17) is 11.6 Å². The number of halogens is 4. The lowest BCUT2D eigenvalue weighted by Gasteiger charge is -2.09. The molecule has 0 aliphatic heterocycles. The fraction of sp³-hybridized carbons (Fsp3) is 0.455. The summed E-state index contributed by atoms with van der Waals surface area (Å²) in [6.07, 6.45) is 0.962. The molecule has 116 valence electrons. The minimum Gasteiger partial charge on any atom is -0.315 e. The van der Waals surface area contributed by atoms with Gasteiger partial charge in [0.25, 0.3) is 0 Å². The summed E-state index contributed by atoms with van der Waals surface area (Å²) < 4.78 is 40.1. The largest absolute Gasteiger partial charge is 0.315 e. The van der Waals surface area contributed by atoms with Gasteiger partial charge in [-0.1, -0.05) is 18.5 Å². The van der Waals surface area contributed by atoms with Crippen molar-refractivity contribution in [2.45, 2.75) is 18.2 Å². The van der Waals surface area contributed by atoms with Crippen LogP contribution in [0.5, 0.6) is 0 Å². The van der Waals surface area contributed by atoms with Crippen LogP contribution in [0, 0.1) is 5.82 Å². The molecule has 1 rings (SSSR count). The van der Waals surface area contributed by atoms with Crippen molar-refractivity contribution in [1.29, 1.82) is 0 Å². The number of hydrogen-bond donors (Lipinski definition) is 2.